The Hall–Kier alpha value is -1.54. The van der Waals surface area contributed by atoms with Gasteiger partial charge in [0.15, 0.2) is 0 Å². The van der Waals surface area contributed by atoms with Gasteiger partial charge in [0.1, 0.15) is 0 Å². The average molecular weight is 256 g/mol. The maximum atomic E-state index is 5.84. The second kappa shape index (κ2) is 6.07. The Labute approximate surface area is 116 Å². The molecule has 2 heteroatoms. The molecule has 0 amide bonds. The summed E-state index contributed by atoms with van der Waals surface area (Å²) in [6, 6.07) is 13.5. The normalized spacial score (nSPS) is 11.2. The van der Waals surface area contributed by atoms with Gasteiger partial charge in [-0.15, -0.1) is 0 Å². The SMILES string of the molecule is CCC(CC)N(C)c1ccc(CN)c2ccccc12. The number of hydrogen-bond acceptors (Lipinski definition) is 2. The average Bonchev–Trinajstić information content (AvgIpc) is 2.47. The predicted octanol–water partition coefficient (Wildman–Crippen LogP) is 3.92. The van der Waals surface area contributed by atoms with Crippen LogP contribution < -0.4 is 10.6 Å². The van der Waals surface area contributed by atoms with Gasteiger partial charge in [0.25, 0.3) is 0 Å². The van der Waals surface area contributed by atoms with E-state index >= 15 is 0 Å². The molecule has 0 saturated carbocycles. The topological polar surface area (TPSA) is 29.3 Å². The number of rotatable bonds is 5. The molecule has 0 bridgehead atoms. The van der Waals surface area contributed by atoms with Crippen LogP contribution in [0.25, 0.3) is 10.8 Å². The van der Waals surface area contributed by atoms with Gasteiger partial charge in [-0.05, 0) is 29.9 Å². The monoisotopic (exact) mass is 256 g/mol. The quantitative estimate of drug-likeness (QED) is 0.878. The Morgan fingerprint density at radius 1 is 1.00 bits per heavy atom. The maximum absolute atomic E-state index is 5.84. The fourth-order valence-corrected chi connectivity index (χ4v) is 2.86. The van der Waals surface area contributed by atoms with E-state index < -0.39 is 0 Å². The van der Waals surface area contributed by atoms with E-state index in [0.29, 0.717) is 12.6 Å². The Bertz CT molecular complexity index is 544. The van der Waals surface area contributed by atoms with Crippen molar-refractivity contribution in [3.05, 3.63) is 42.0 Å². The molecule has 0 spiro atoms. The summed E-state index contributed by atoms with van der Waals surface area (Å²) in [5.41, 5.74) is 8.37. The molecule has 0 saturated heterocycles. The van der Waals surface area contributed by atoms with E-state index in [9.17, 15) is 0 Å². The van der Waals surface area contributed by atoms with Gasteiger partial charge in [-0.2, -0.15) is 0 Å². The summed E-state index contributed by atoms with van der Waals surface area (Å²) in [6.45, 7) is 5.09. The molecular weight excluding hydrogens is 232 g/mol. The Balaban J connectivity index is 2.55. The molecule has 0 unspecified atom stereocenters. The highest BCUT2D eigenvalue weighted by atomic mass is 15.1. The van der Waals surface area contributed by atoms with E-state index in [0.717, 1.165) is 0 Å². The highest BCUT2D eigenvalue weighted by Gasteiger charge is 2.14. The third-order valence-corrected chi connectivity index (χ3v) is 4.08. The van der Waals surface area contributed by atoms with E-state index in [4.69, 9.17) is 5.73 Å². The van der Waals surface area contributed by atoms with Gasteiger partial charge in [0.2, 0.25) is 0 Å². The number of hydrogen-bond donors (Lipinski definition) is 1. The predicted molar refractivity (Wildman–Crippen MR) is 84.6 cm³/mol. The van der Waals surface area contributed by atoms with Gasteiger partial charge in [-0.3, -0.25) is 0 Å². The van der Waals surface area contributed by atoms with Crippen LogP contribution in [0.4, 0.5) is 5.69 Å². The van der Waals surface area contributed by atoms with Crippen LogP contribution in [0.15, 0.2) is 36.4 Å². The van der Waals surface area contributed by atoms with Crippen LogP contribution in [0.3, 0.4) is 0 Å². The van der Waals surface area contributed by atoms with Crippen LogP contribution in [-0.4, -0.2) is 13.1 Å². The second-order valence-electron chi connectivity index (χ2n) is 5.07. The number of nitrogens with zero attached hydrogens (tertiary/aromatic N) is 1. The fraction of sp³-hybridized carbons (Fsp3) is 0.412. The minimum atomic E-state index is 0.590. The van der Waals surface area contributed by atoms with Gasteiger partial charge in [0, 0.05) is 30.7 Å². The summed E-state index contributed by atoms with van der Waals surface area (Å²) >= 11 is 0. The zero-order valence-electron chi connectivity index (χ0n) is 12.2. The van der Waals surface area contributed by atoms with Crippen LogP contribution in [-0.2, 0) is 6.54 Å². The first-order valence-electron chi connectivity index (χ1n) is 7.16. The van der Waals surface area contributed by atoms with Crippen molar-refractivity contribution >= 4 is 16.5 Å². The molecule has 0 aliphatic carbocycles. The summed E-state index contributed by atoms with van der Waals surface area (Å²) in [4.78, 5) is 2.41. The van der Waals surface area contributed by atoms with Crippen LogP contribution in [0.5, 0.6) is 0 Å². The third kappa shape index (κ3) is 2.59. The zero-order chi connectivity index (χ0) is 13.8. The summed E-state index contributed by atoms with van der Waals surface area (Å²) in [6.07, 6.45) is 2.33. The van der Waals surface area contributed by atoms with Gasteiger partial charge in [-0.1, -0.05) is 44.2 Å². The van der Waals surface area contributed by atoms with Crippen molar-refractivity contribution in [2.24, 2.45) is 5.73 Å². The molecule has 2 aromatic carbocycles. The molecule has 2 N–H and O–H groups in total. The first-order chi connectivity index (χ1) is 9.22. The van der Waals surface area contributed by atoms with Crippen molar-refractivity contribution in [2.75, 3.05) is 11.9 Å². The van der Waals surface area contributed by atoms with Crippen LogP contribution >= 0.6 is 0 Å². The van der Waals surface area contributed by atoms with Crippen LogP contribution in [0, 0.1) is 0 Å². The molecule has 0 radical (unpaired) electrons. The van der Waals surface area contributed by atoms with Crippen molar-refractivity contribution in [3.63, 3.8) is 0 Å². The Kier molecular flexibility index (Phi) is 4.43. The molecule has 0 heterocycles. The molecule has 0 aliphatic heterocycles. The molecule has 0 aliphatic rings. The minimum absolute atomic E-state index is 0.590. The number of nitrogens with two attached hydrogens (primary N) is 1. The second-order valence-corrected chi connectivity index (χ2v) is 5.07. The lowest BCUT2D eigenvalue weighted by molar-refractivity contribution is 0.593. The van der Waals surface area contributed by atoms with Crippen molar-refractivity contribution < 1.29 is 0 Å². The van der Waals surface area contributed by atoms with Crippen molar-refractivity contribution in [1.82, 2.24) is 0 Å². The smallest absolute Gasteiger partial charge is 0.0446 e. The van der Waals surface area contributed by atoms with Gasteiger partial charge >= 0.3 is 0 Å². The lowest BCUT2D eigenvalue weighted by atomic mass is 10.0. The minimum Gasteiger partial charge on any atom is -0.371 e. The lowest BCUT2D eigenvalue weighted by Gasteiger charge is -2.30. The van der Waals surface area contributed by atoms with Crippen LogP contribution in [0.1, 0.15) is 32.3 Å². The Morgan fingerprint density at radius 3 is 2.21 bits per heavy atom. The molecule has 2 aromatic rings. The van der Waals surface area contributed by atoms with E-state index in [1.165, 1.54) is 34.9 Å². The molecule has 19 heavy (non-hydrogen) atoms. The van der Waals surface area contributed by atoms with Crippen molar-refractivity contribution in [3.8, 4) is 0 Å². The summed E-state index contributed by atoms with van der Waals surface area (Å²) < 4.78 is 0. The summed E-state index contributed by atoms with van der Waals surface area (Å²) in [5.74, 6) is 0. The van der Waals surface area contributed by atoms with E-state index in [1.807, 2.05) is 0 Å². The number of anilines is 1. The van der Waals surface area contributed by atoms with Gasteiger partial charge < -0.3 is 10.6 Å². The standard InChI is InChI=1S/C17H24N2/c1-4-14(5-2)19(3)17-11-10-13(12-18)15-8-6-7-9-16(15)17/h6-11,14H,4-5,12,18H2,1-3H3. The largest absolute Gasteiger partial charge is 0.371 e. The number of benzene rings is 2. The highest BCUT2D eigenvalue weighted by molar-refractivity contribution is 5.96. The molecule has 0 aromatic heterocycles. The maximum Gasteiger partial charge on any atom is 0.0446 e. The lowest BCUT2D eigenvalue weighted by Crippen LogP contribution is -2.30. The van der Waals surface area contributed by atoms with E-state index in [-0.39, 0.29) is 0 Å². The highest BCUT2D eigenvalue weighted by Crippen LogP contribution is 2.30. The van der Waals surface area contributed by atoms with E-state index in [2.05, 4.69) is 62.2 Å². The summed E-state index contributed by atoms with van der Waals surface area (Å²) in [5, 5.41) is 2.58. The molecule has 0 atom stereocenters. The van der Waals surface area contributed by atoms with Crippen molar-refractivity contribution in [2.45, 2.75) is 39.3 Å². The fourth-order valence-electron chi connectivity index (χ4n) is 2.86. The van der Waals surface area contributed by atoms with E-state index in [1.54, 1.807) is 0 Å². The number of fused-ring (bicyclic) bond motifs is 1. The molecular formula is C17H24N2. The molecule has 2 nitrogen and oxygen atoms in total. The molecule has 0 fully saturated rings. The first-order valence-corrected chi connectivity index (χ1v) is 7.16. The first kappa shape index (κ1) is 13.9. The zero-order valence-corrected chi connectivity index (χ0v) is 12.2. The third-order valence-electron chi connectivity index (χ3n) is 4.08. The van der Waals surface area contributed by atoms with Gasteiger partial charge in [0.05, 0.1) is 0 Å². The van der Waals surface area contributed by atoms with Crippen molar-refractivity contribution in [1.29, 1.82) is 0 Å². The molecule has 2 rings (SSSR count). The van der Waals surface area contributed by atoms with Crippen LogP contribution in [0.2, 0.25) is 0 Å². The molecule has 102 valence electrons. The summed E-state index contributed by atoms with van der Waals surface area (Å²) in [7, 11) is 2.20. The Morgan fingerprint density at radius 2 is 1.63 bits per heavy atom. The van der Waals surface area contributed by atoms with Gasteiger partial charge in [-0.25, -0.2) is 0 Å².